The van der Waals surface area contributed by atoms with E-state index < -0.39 is 11.2 Å². The van der Waals surface area contributed by atoms with Crippen LogP contribution in [0.25, 0.3) is 0 Å². The number of aromatic nitrogens is 4. The van der Waals surface area contributed by atoms with Crippen molar-refractivity contribution >= 4 is 5.91 Å². The molecular weight excluding hydrogens is 346 g/mol. The van der Waals surface area contributed by atoms with Gasteiger partial charge in [0.25, 0.3) is 5.56 Å². The third-order valence-electron chi connectivity index (χ3n) is 5.78. The Morgan fingerprint density at radius 3 is 2.93 bits per heavy atom. The van der Waals surface area contributed by atoms with E-state index in [0.717, 1.165) is 37.2 Å². The van der Waals surface area contributed by atoms with Crippen molar-refractivity contribution in [3.05, 3.63) is 55.9 Å². The van der Waals surface area contributed by atoms with Gasteiger partial charge < -0.3 is 4.90 Å². The minimum Gasteiger partial charge on any atom is -0.340 e. The standard InChI is InChI=1S/C19H23N5O3/c1-12-9-24(18(27)22-17(12)26)10-15(25)23-7-3-5-19(11-23)6-4-14-8-20-13(2)21-16(14)19/h8-9H,3-7,10-11H2,1-2H3,(H,22,26,27). The summed E-state index contributed by atoms with van der Waals surface area (Å²) in [4.78, 5) is 49.5. The summed E-state index contributed by atoms with van der Waals surface area (Å²) in [6, 6.07) is 0. The number of aromatic amines is 1. The Bertz CT molecular complexity index is 1020. The predicted octanol–water partition coefficient (Wildman–Crippen LogP) is 0.450. The fraction of sp³-hybridized carbons (Fsp3) is 0.526. The molecule has 2 aromatic rings. The Morgan fingerprint density at radius 2 is 2.11 bits per heavy atom. The lowest BCUT2D eigenvalue weighted by Crippen LogP contribution is -2.49. The molecule has 1 fully saturated rings. The molecule has 0 bridgehead atoms. The van der Waals surface area contributed by atoms with Crippen LogP contribution in [0.5, 0.6) is 0 Å². The van der Waals surface area contributed by atoms with E-state index >= 15 is 0 Å². The normalized spacial score (nSPS) is 21.5. The summed E-state index contributed by atoms with van der Waals surface area (Å²) in [5.41, 5.74) is 1.60. The molecule has 0 aromatic carbocycles. The largest absolute Gasteiger partial charge is 0.340 e. The molecule has 4 rings (SSSR count). The number of nitrogens with one attached hydrogen (secondary N) is 1. The lowest BCUT2D eigenvalue weighted by Gasteiger charge is -2.40. The number of carbonyl (C=O) groups excluding carboxylic acids is 1. The molecule has 0 radical (unpaired) electrons. The zero-order valence-electron chi connectivity index (χ0n) is 15.6. The third-order valence-corrected chi connectivity index (χ3v) is 5.78. The molecule has 1 N–H and O–H groups in total. The maximum Gasteiger partial charge on any atom is 0.328 e. The number of likely N-dealkylation sites (tertiary alicyclic amines) is 1. The molecular formula is C19H23N5O3. The molecule has 2 aromatic heterocycles. The highest BCUT2D eigenvalue weighted by atomic mass is 16.2. The first-order valence-electron chi connectivity index (χ1n) is 9.29. The number of piperidine rings is 1. The van der Waals surface area contributed by atoms with Crippen molar-refractivity contribution in [3.8, 4) is 0 Å². The number of carbonyl (C=O) groups is 1. The molecule has 8 nitrogen and oxygen atoms in total. The van der Waals surface area contributed by atoms with Crippen LogP contribution in [0.4, 0.5) is 0 Å². The van der Waals surface area contributed by atoms with Crippen molar-refractivity contribution in [2.45, 2.75) is 51.5 Å². The topological polar surface area (TPSA) is 101 Å². The number of hydrogen-bond donors (Lipinski definition) is 1. The van der Waals surface area contributed by atoms with E-state index in [1.54, 1.807) is 6.92 Å². The predicted molar refractivity (Wildman–Crippen MR) is 98.6 cm³/mol. The lowest BCUT2D eigenvalue weighted by atomic mass is 9.77. The first-order valence-corrected chi connectivity index (χ1v) is 9.29. The van der Waals surface area contributed by atoms with E-state index in [1.165, 1.54) is 16.3 Å². The van der Waals surface area contributed by atoms with E-state index in [0.29, 0.717) is 18.7 Å². The van der Waals surface area contributed by atoms with Gasteiger partial charge in [0.1, 0.15) is 12.4 Å². The minimum atomic E-state index is -0.555. The number of fused-ring (bicyclic) bond motifs is 2. The molecule has 1 spiro atoms. The van der Waals surface area contributed by atoms with Gasteiger partial charge in [-0.1, -0.05) is 0 Å². The summed E-state index contributed by atoms with van der Waals surface area (Å²) in [6.07, 6.45) is 7.19. The quantitative estimate of drug-likeness (QED) is 0.828. The first kappa shape index (κ1) is 17.6. The zero-order valence-corrected chi connectivity index (χ0v) is 15.6. The van der Waals surface area contributed by atoms with Gasteiger partial charge in [-0.3, -0.25) is 19.1 Å². The number of aryl methyl sites for hydroxylation is 3. The van der Waals surface area contributed by atoms with Crippen LogP contribution in [0.3, 0.4) is 0 Å². The molecule has 3 heterocycles. The van der Waals surface area contributed by atoms with E-state index in [-0.39, 0.29) is 17.9 Å². The third kappa shape index (κ3) is 3.09. The molecule has 142 valence electrons. The number of rotatable bonds is 2. The first-order chi connectivity index (χ1) is 12.9. The summed E-state index contributed by atoms with van der Waals surface area (Å²) < 4.78 is 1.27. The van der Waals surface area contributed by atoms with Crippen LogP contribution < -0.4 is 11.2 Å². The van der Waals surface area contributed by atoms with E-state index in [2.05, 4.69) is 9.97 Å². The fourth-order valence-corrected chi connectivity index (χ4v) is 4.35. The average Bonchev–Trinajstić information content (AvgIpc) is 2.97. The van der Waals surface area contributed by atoms with Gasteiger partial charge >= 0.3 is 5.69 Å². The Hall–Kier alpha value is -2.77. The van der Waals surface area contributed by atoms with Crippen LogP contribution in [-0.2, 0) is 23.2 Å². The van der Waals surface area contributed by atoms with Crippen molar-refractivity contribution in [2.75, 3.05) is 13.1 Å². The van der Waals surface area contributed by atoms with Crippen LogP contribution in [-0.4, -0.2) is 43.4 Å². The van der Waals surface area contributed by atoms with Gasteiger partial charge in [0.05, 0.1) is 5.69 Å². The lowest BCUT2D eigenvalue weighted by molar-refractivity contribution is -0.134. The summed E-state index contributed by atoms with van der Waals surface area (Å²) in [5.74, 6) is 0.649. The summed E-state index contributed by atoms with van der Waals surface area (Å²) in [7, 11) is 0. The molecule has 1 aliphatic carbocycles. The average molecular weight is 369 g/mol. The summed E-state index contributed by atoms with van der Waals surface area (Å²) >= 11 is 0. The maximum atomic E-state index is 12.9. The molecule has 1 atom stereocenters. The Balaban J connectivity index is 1.57. The number of nitrogens with zero attached hydrogens (tertiary/aromatic N) is 4. The molecule has 1 saturated heterocycles. The molecule has 1 amide bonds. The van der Waals surface area contributed by atoms with E-state index in [4.69, 9.17) is 4.98 Å². The van der Waals surface area contributed by atoms with E-state index in [9.17, 15) is 14.4 Å². The smallest absolute Gasteiger partial charge is 0.328 e. The van der Waals surface area contributed by atoms with Crippen LogP contribution in [0.15, 0.2) is 22.0 Å². The fourth-order valence-electron chi connectivity index (χ4n) is 4.35. The molecule has 27 heavy (non-hydrogen) atoms. The molecule has 2 aliphatic rings. The van der Waals surface area contributed by atoms with Crippen molar-refractivity contribution in [3.63, 3.8) is 0 Å². The van der Waals surface area contributed by atoms with E-state index in [1.807, 2.05) is 18.0 Å². The highest BCUT2D eigenvalue weighted by Gasteiger charge is 2.44. The number of amides is 1. The number of H-pyrrole nitrogens is 1. The molecule has 0 saturated carbocycles. The maximum absolute atomic E-state index is 12.9. The summed E-state index contributed by atoms with van der Waals surface area (Å²) in [6.45, 7) is 4.74. The second-order valence-corrected chi connectivity index (χ2v) is 7.69. The highest BCUT2D eigenvalue weighted by Crippen LogP contribution is 2.43. The van der Waals surface area contributed by atoms with Crippen molar-refractivity contribution < 1.29 is 4.79 Å². The van der Waals surface area contributed by atoms with Crippen molar-refractivity contribution in [1.29, 1.82) is 0 Å². The monoisotopic (exact) mass is 369 g/mol. The second kappa shape index (κ2) is 6.44. The highest BCUT2D eigenvalue weighted by molar-refractivity contribution is 5.76. The Kier molecular flexibility index (Phi) is 4.20. The SMILES string of the molecule is Cc1ncc2c(n1)C1(CCCN(C(=O)Cn3cc(C)c(=O)[nH]c3=O)C1)CC2. The Morgan fingerprint density at radius 1 is 1.30 bits per heavy atom. The van der Waals surface area contributed by atoms with Crippen LogP contribution in [0.2, 0.25) is 0 Å². The molecule has 1 unspecified atom stereocenters. The molecule has 1 aliphatic heterocycles. The van der Waals surface area contributed by atoms with Gasteiger partial charge in [-0.2, -0.15) is 0 Å². The van der Waals surface area contributed by atoms with Gasteiger partial charge in [0.15, 0.2) is 0 Å². The van der Waals surface area contributed by atoms with Crippen LogP contribution in [0, 0.1) is 13.8 Å². The Labute approximate surface area is 156 Å². The second-order valence-electron chi connectivity index (χ2n) is 7.69. The summed E-state index contributed by atoms with van der Waals surface area (Å²) in [5, 5.41) is 0. The number of hydrogen-bond acceptors (Lipinski definition) is 5. The van der Waals surface area contributed by atoms with Gasteiger partial charge in [-0.15, -0.1) is 0 Å². The van der Waals surface area contributed by atoms with Gasteiger partial charge in [0, 0.05) is 36.5 Å². The van der Waals surface area contributed by atoms with Crippen LogP contribution >= 0.6 is 0 Å². The van der Waals surface area contributed by atoms with Crippen molar-refractivity contribution in [1.82, 2.24) is 24.4 Å². The van der Waals surface area contributed by atoms with Gasteiger partial charge in [0.2, 0.25) is 5.91 Å². The van der Waals surface area contributed by atoms with Gasteiger partial charge in [-0.05, 0) is 45.1 Å². The van der Waals surface area contributed by atoms with Crippen LogP contribution in [0.1, 0.15) is 41.9 Å². The van der Waals surface area contributed by atoms with Crippen molar-refractivity contribution in [2.24, 2.45) is 0 Å². The minimum absolute atomic E-state index is 0.0673. The molecule has 8 heteroatoms. The van der Waals surface area contributed by atoms with Gasteiger partial charge in [-0.25, -0.2) is 14.8 Å². The zero-order chi connectivity index (χ0) is 19.2.